The van der Waals surface area contributed by atoms with E-state index in [1.807, 2.05) is 13.0 Å². The van der Waals surface area contributed by atoms with E-state index in [0.29, 0.717) is 11.6 Å². The molecule has 5 heteroatoms. The second kappa shape index (κ2) is 7.95. The fourth-order valence-corrected chi connectivity index (χ4v) is 3.47. The highest BCUT2D eigenvalue weighted by Gasteiger charge is 2.22. The van der Waals surface area contributed by atoms with Crippen molar-refractivity contribution in [2.45, 2.75) is 45.2 Å². The summed E-state index contributed by atoms with van der Waals surface area (Å²) < 4.78 is 5.35. The first-order valence-corrected chi connectivity index (χ1v) is 8.15. The summed E-state index contributed by atoms with van der Waals surface area (Å²) in [6.07, 6.45) is 4.73. The number of piperidine rings is 1. The normalized spacial score (nSPS) is 18.8. The Kier molecular flexibility index (Phi) is 6.22. The number of halogens is 1. The minimum atomic E-state index is -0.263. The molecular formula is C18H25ClN2O2. The van der Waals surface area contributed by atoms with Gasteiger partial charge >= 0.3 is 5.63 Å². The lowest BCUT2D eigenvalue weighted by atomic mass is 9.98. The molecule has 1 fully saturated rings. The van der Waals surface area contributed by atoms with Crippen LogP contribution in [0.3, 0.4) is 0 Å². The first-order valence-electron chi connectivity index (χ1n) is 8.15. The maximum absolute atomic E-state index is 11.9. The van der Waals surface area contributed by atoms with Gasteiger partial charge in [0.1, 0.15) is 5.58 Å². The summed E-state index contributed by atoms with van der Waals surface area (Å²) in [6.45, 7) is 4.61. The molecule has 4 nitrogen and oxygen atoms in total. The maximum atomic E-state index is 11.9. The SMILES string of the molecule is Cc1ccc2c(CN3CCCCC3CCN)cc(=O)oc2c1.Cl. The summed E-state index contributed by atoms with van der Waals surface area (Å²) in [7, 11) is 0. The van der Waals surface area contributed by atoms with Gasteiger partial charge < -0.3 is 10.2 Å². The van der Waals surface area contributed by atoms with Gasteiger partial charge in [0.2, 0.25) is 0 Å². The maximum Gasteiger partial charge on any atom is 0.336 e. The molecule has 0 amide bonds. The summed E-state index contributed by atoms with van der Waals surface area (Å²) in [6, 6.07) is 8.25. The molecule has 1 unspecified atom stereocenters. The van der Waals surface area contributed by atoms with Crippen LogP contribution in [-0.2, 0) is 6.54 Å². The number of nitrogens with two attached hydrogens (primary N) is 1. The average molecular weight is 337 g/mol. The van der Waals surface area contributed by atoms with Crippen molar-refractivity contribution in [1.29, 1.82) is 0 Å². The standard InChI is InChI=1S/C18H24N2O2.ClH/c1-13-5-6-16-14(11-18(21)22-17(16)10-13)12-20-9-3-2-4-15(20)7-8-19;/h5-6,10-11,15H,2-4,7-9,12,19H2,1H3;1H. The highest BCUT2D eigenvalue weighted by Crippen LogP contribution is 2.25. The molecule has 1 aromatic carbocycles. The van der Waals surface area contributed by atoms with Crippen LogP contribution >= 0.6 is 12.4 Å². The van der Waals surface area contributed by atoms with Gasteiger partial charge in [-0.05, 0) is 56.5 Å². The minimum absolute atomic E-state index is 0. The van der Waals surface area contributed by atoms with E-state index in [-0.39, 0.29) is 18.0 Å². The van der Waals surface area contributed by atoms with Crippen molar-refractivity contribution in [3.63, 3.8) is 0 Å². The van der Waals surface area contributed by atoms with E-state index in [4.69, 9.17) is 10.2 Å². The molecule has 3 rings (SSSR count). The Morgan fingerprint density at radius 1 is 1.30 bits per heavy atom. The molecule has 0 radical (unpaired) electrons. The van der Waals surface area contributed by atoms with Crippen LogP contribution in [0, 0.1) is 6.92 Å². The van der Waals surface area contributed by atoms with E-state index in [9.17, 15) is 4.79 Å². The molecule has 0 spiro atoms. The molecule has 1 aromatic heterocycles. The monoisotopic (exact) mass is 336 g/mol. The zero-order valence-electron chi connectivity index (χ0n) is 13.6. The fraction of sp³-hybridized carbons (Fsp3) is 0.500. The Bertz CT molecular complexity index is 712. The van der Waals surface area contributed by atoms with Crippen molar-refractivity contribution in [2.24, 2.45) is 5.73 Å². The van der Waals surface area contributed by atoms with Crippen molar-refractivity contribution in [1.82, 2.24) is 4.90 Å². The lowest BCUT2D eigenvalue weighted by Crippen LogP contribution is -2.40. The predicted molar refractivity (Wildman–Crippen MR) is 96.2 cm³/mol. The summed E-state index contributed by atoms with van der Waals surface area (Å²) in [5, 5.41) is 1.04. The van der Waals surface area contributed by atoms with Gasteiger partial charge in [-0.2, -0.15) is 0 Å². The molecular weight excluding hydrogens is 312 g/mol. The molecule has 1 aliphatic heterocycles. The van der Waals surface area contributed by atoms with Crippen molar-refractivity contribution < 1.29 is 4.42 Å². The van der Waals surface area contributed by atoms with Crippen LogP contribution in [0.2, 0.25) is 0 Å². The average Bonchev–Trinajstić information content (AvgIpc) is 2.49. The van der Waals surface area contributed by atoms with Gasteiger partial charge in [0.05, 0.1) is 0 Å². The van der Waals surface area contributed by atoms with Gasteiger partial charge in [-0.15, -0.1) is 12.4 Å². The Labute approximate surface area is 143 Å². The largest absolute Gasteiger partial charge is 0.423 e. The zero-order valence-corrected chi connectivity index (χ0v) is 14.4. The molecule has 2 aromatic rings. The van der Waals surface area contributed by atoms with Crippen molar-refractivity contribution >= 4 is 23.4 Å². The number of aryl methyl sites for hydroxylation is 1. The number of benzene rings is 1. The van der Waals surface area contributed by atoms with E-state index < -0.39 is 0 Å². The van der Waals surface area contributed by atoms with Crippen molar-refractivity contribution in [3.8, 4) is 0 Å². The van der Waals surface area contributed by atoms with E-state index in [1.165, 1.54) is 19.3 Å². The summed E-state index contributed by atoms with van der Waals surface area (Å²) in [5.41, 5.74) is 8.35. The van der Waals surface area contributed by atoms with Gasteiger partial charge in [-0.25, -0.2) is 4.79 Å². The van der Waals surface area contributed by atoms with E-state index in [1.54, 1.807) is 6.07 Å². The highest BCUT2D eigenvalue weighted by atomic mass is 35.5. The lowest BCUT2D eigenvalue weighted by molar-refractivity contribution is 0.134. The number of hydrogen-bond acceptors (Lipinski definition) is 4. The fourth-order valence-electron chi connectivity index (χ4n) is 3.47. The van der Waals surface area contributed by atoms with Crippen LogP contribution in [-0.4, -0.2) is 24.0 Å². The molecule has 0 aliphatic carbocycles. The van der Waals surface area contributed by atoms with E-state index >= 15 is 0 Å². The van der Waals surface area contributed by atoms with Gasteiger partial charge in [-0.1, -0.05) is 18.6 Å². The molecule has 23 heavy (non-hydrogen) atoms. The Morgan fingerprint density at radius 3 is 2.91 bits per heavy atom. The Morgan fingerprint density at radius 2 is 2.13 bits per heavy atom. The van der Waals surface area contributed by atoms with Gasteiger partial charge in [0, 0.05) is 24.0 Å². The molecule has 1 aliphatic rings. The number of nitrogens with zero attached hydrogens (tertiary/aromatic N) is 1. The van der Waals surface area contributed by atoms with Gasteiger partial charge in [0.25, 0.3) is 0 Å². The number of hydrogen-bond donors (Lipinski definition) is 1. The lowest BCUT2D eigenvalue weighted by Gasteiger charge is -2.35. The molecule has 1 atom stereocenters. The topological polar surface area (TPSA) is 59.5 Å². The molecule has 2 N–H and O–H groups in total. The smallest absolute Gasteiger partial charge is 0.336 e. The molecule has 126 valence electrons. The first kappa shape index (κ1) is 18.0. The molecule has 0 bridgehead atoms. The van der Waals surface area contributed by atoms with Crippen molar-refractivity contribution in [3.05, 3.63) is 45.8 Å². The second-order valence-electron chi connectivity index (χ2n) is 6.29. The molecule has 2 heterocycles. The summed E-state index contributed by atoms with van der Waals surface area (Å²) in [4.78, 5) is 14.3. The van der Waals surface area contributed by atoms with E-state index in [0.717, 1.165) is 42.6 Å². The van der Waals surface area contributed by atoms with Gasteiger partial charge in [0.15, 0.2) is 0 Å². The highest BCUT2D eigenvalue weighted by molar-refractivity contribution is 5.85. The first-order chi connectivity index (χ1) is 10.7. The van der Waals surface area contributed by atoms with Crippen molar-refractivity contribution in [2.75, 3.05) is 13.1 Å². The quantitative estimate of drug-likeness (QED) is 0.871. The van der Waals surface area contributed by atoms with Crippen LogP contribution in [0.25, 0.3) is 11.0 Å². The van der Waals surface area contributed by atoms with Gasteiger partial charge in [-0.3, -0.25) is 4.90 Å². The molecule has 0 saturated carbocycles. The van der Waals surface area contributed by atoms with Crippen LogP contribution in [0.5, 0.6) is 0 Å². The number of fused-ring (bicyclic) bond motifs is 1. The third-order valence-corrected chi connectivity index (χ3v) is 4.61. The third-order valence-electron chi connectivity index (χ3n) is 4.61. The number of likely N-dealkylation sites (tertiary alicyclic amines) is 1. The van der Waals surface area contributed by atoms with Crippen LogP contribution < -0.4 is 11.4 Å². The van der Waals surface area contributed by atoms with Crippen LogP contribution in [0.15, 0.2) is 33.5 Å². The second-order valence-corrected chi connectivity index (χ2v) is 6.29. The summed E-state index contributed by atoms with van der Waals surface area (Å²) >= 11 is 0. The number of rotatable bonds is 4. The Hall–Kier alpha value is -1.36. The van der Waals surface area contributed by atoms with E-state index in [2.05, 4.69) is 17.0 Å². The van der Waals surface area contributed by atoms with Crippen LogP contribution in [0.1, 0.15) is 36.8 Å². The predicted octanol–water partition coefficient (Wildman–Crippen LogP) is 3.23. The zero-order chi connectivity index (χ0) is 15.5. The summed E-state index contributed by atoms with van der Waals surface area (Å²) in [5.74, 6) is 0. The third kappa shape index (κ3) is 4.14. The minimum Gasteiger partial charge on any atom is -0.423 e. The Balaban J connectivity index is 0.00000192. The molecule has 1 saturated heterocycles. The van der Waals surface area contributed by atoms with Crippen LogP contribution in [0.4, 0.5) is 0 Å².